The number of carbonyl (C=O) groups is 1. The van der Waals surface area contributed by atoms with E-state index in [2.05, 4.69) is 26.0 Å². The van der Waals surface area contributed by atoms with Crippen molar-refractivity contribution in [1.82, 2.24) is 0 Å². The van der Waals surface area contributed by atoms with Gasteiger partial charge in [0.05, 0.1) is 12.5 Å². The predicted octanol–water partition coefficient (Wildman–Crippen LogP) is 3.18. The fourth-order valence-corrected chi connectivity index (χ4v) is 2.72. The minimum absolute atomic E-state index is 0.0418. The monoisotopic (exact) mass is 222 g/mol. The number of carbonyl (C=O) groups excluding carboxylic acids is 1. The molecule has 0 saturated heterocycles. The Kier molecular flexibility index (Phi) is 3.67. The Morgan fingerprint density at radius 2 is 2.25 bits per heavy atom. The van der Waals surface area contributed by atoms with Gasteiger partial charge in [-0.1, -0.05) is 32.4 Å². The predicted molar refractivity (Wildman–Crippen MR) is 63.9 cm³/mol. The van der Waals surface area contributed by atoms with Crippen molar-refractivity contribution in [2.75, 3.05) is 6.61 Å². The summed E-state index contributed by atoms with van der Waals surface area (Å²) in [7, 11) is 0. The van der Waals surface area contributed by atoms with Gasteiger partial charge in [-0.25, -0.2) is 0 Å². The van der Waals surface area contributed by atoms with Crippen molar-refractivity contribution in [3.8, 4) is 0 Å². The SMILES string of the molecule is CCC(C)CCOC(=O)C1CC2C=CC1C2. The maximum atomic E-state index is 11.8. The molecule has 2 aliphatic rings. The van der Waals surface area contributed by atoms with Crippen molar-refractivity contribution in [2.24, 2.45) is 23.7 Å². The second-order valence-electron chi connectivity index (χ2n) is 5.36. The average Bonchev–Trinajstić information content (AvgIpc) is 2.90. The van der Waals surface area contributed by atoms with Gasteiger partial charge in [0.25, 0.3) is 0 Å². The molecule has 1 saturated carbocycles. The zero-order valence-corrected chi connectivity index (χ0v) is 10.3. The number of esters is 1. The Labute approximate surface area is 98.1 Å². The van der Waals surface area contributed by atoms with E-state index < -0.39 is 0 Å². The van der Waals surface area contributed by atoms with Gasteiger partial charge in [0.1, 0.15) is 0 Å². The van der Waals surface area contributed by atoms with Crippen LogP contribution in [-0.4, -0.2) is 12.6 Å². The smallest absolute Gasteiger partial charge is 0.309 e. The van der Waals surface area contributed by atoms with Gasteiger partial charge >= 0.3 is 5.97 Å². The van der Waals surface area contributed by atoms with Crippen LogP contribution in [0, 0.1) is 23.7 Å². The van der Waals surface area contributed by atoms with Gasteiger partial charge in [-0.15, -0.1) is 0 Å². The summed E-state index contributed by atoms with van der Waals surface area (Å²) in [5.74, 6) is 1.98. The van der Waals surface area contributed by atoms with Gasteiger partial charge < -0.3 is 4.74 Å². The maximum absolute atomic E-state index is 11.8. The van der Waals surface area contributed by atoms with Gasteiger partial charge in [0.2, 0.25) is 0 Å². The molecule has 16 heavy (non-hydrogen) atoms. The Bertz CT molecular complexity index is 282. The summed E-state index contributed by atoms with van der Waals surface area (Å²) in [6.45, 7) is 4.98. The Hall–Kier alpha value is -0.790. The number of fused-ring (bicyclic) bond motifs is 2. The van der Waals surface area contributed by atoms with E-state index in [-0.39, 0.29) is 11.9 Å². The number of hydrogen-bond donors (Lipinski definition) is 0. The van der Waals surface area contributed by atoms with Crippen LogP contribution < -0.4 is 0 Å². The first kappa shape index (κ1) is 11.7. The molecule has 0 aromatic rings. The topological polar surface area (TPSA) is 26.3 Å². The van der Waals surface area contributed by atoms with Crippen LogP contribution in [0.5, 0.6) is 0 Å². The number of allylic oxidation sites excluding steroid dienone is 2. The highest BCUT2D eigenvalue weighted by Gasteiger charge is 2.40. The van der Waals surface area contributed by atoms with E-state index in [4.69, 9.17) is 4.74 Å². The molecule has 0 aromatic carbocycles. The van der Waals surface area contributed by atoms with Crippen LogP contribution in [0.3, 0.4) is 0 Å². The summed E-state index contributed by atoms with van der Waals surface area (Å²) in [6.07, 6.45) is 8.81. The van der Waals surface area contributed by atoms with Crippen LogP contribution in [0.1, 0.15) is 39.5 Å². The molecule has 0 radical (unpaired) electrons. The lowest BCUT2D eigenvalue weighted by Gasteiger charge is -2.17. The van der Waals surface area contributed by atoms with E-state index in [9.17, 15) is 4.79 Å². The minimum Gasteiger partial charge on any atom is -0.465 e. The summed E-state index contributed by atoms with van der Waals surface area (Å²) in [6, 6.07) is 0. The Balaban J connectivity index is 1.71. The van der Waals surface area contributed by atoms with Gasteiger partial charge in [0, 0.05) is 0 Å². The first-order valence-electron chi connectivity index (χ1n) is 6.55. The van der Waals surface area contributed by atoms with Crippen molar-refractivity contribution in [2.45, 2.75) is 39.5 Å². The number of hydrogen-bond acceptors (Lipinski definition) is 2. The molecule has 90 valence electrons. The average molecular weight is 222 g/mol. The van der Waals surface area contributed by atoms with E-state index in [1.807, 2.05) is 0 Å². The third-order valence-corrected chi connectivity index (χ3v) is 4.13. The summed E-state index contributed by atoms with van der Waals surface area (Å²) in [4.78, 5) is 11.8. The fourth-order valence-electron chi connectivity index (χ4n) is 2.72. The first-order valence-corrected chi connectivity index (χ1v) is 6.55. The van der Waals surface area contributed by atoms with Crippen LogP contribution in [0.4, 0.5) is 0 Å². The zero-order valence-electron chi connectivity index (χ0n) is 10.3. The van der Waals surface area contributed by atoms with E-state index in [1.54, 1.807) is 0 Å². The third kappa shape index (κ3) is 2.47. The lowest BCUT2D eigenvalue weighted by atomic mass is 9.94. The van der Waals surface area contributed by atoms with Gasteiger partial charge in [-0.3, -0.25) is 4.79 Å². The van der Waals surface area contributed by atoms with E-state index in [1.165, 1.54) is 6.42 Å². The highest BCUT2D eigenvalue weighted by molar-refractivity contribution is 5.74. The molecule has 4 unspecified atom stereocenters. The normalized spacial score (nSPS) is 33.0. The lowest BCUT2D eigenvalue weighted by Crippen LogP contribution is -2.22. The highest BCUT2D eigenvalue weighted by atomic mass is 16.5. The molecule has 2 heteroatoms. The number of ether oxygens (including phenoxy) is 1. The Morgan fingerprint density at radius 3 is 2.81 bits per heavy atom. The fraction of sp³-hybridized carbons (Fsp3) is 0.786. The van der Waals surface area contributed by atoms with Crippen LogP contribution in [0.25, 0.3) is 0 Å². The van der Waals surface area contributed by atoms with Crippen LogP contribution in [0.2, 0.25) is 0 Å². The molecule has 2 rings (SSSR count). The van der Waals surface area contributed by atoms with Crippen molar-refractivity contribution in [1.29, 1.82) is 0 Å². The molecular formula is C14H22O2. The molecule has 2 bridgehead atoms. The van der Waals surface area contributed by atoms with E-state index in [0.717, 1.165) is 19.3 Å². The van der Waals surface area contributed by atoms with Crippen molar-refractivity contribution < 1.29 is 9.53 Å². The third-order valence-electron chi connectivity index (χ3n) is 4.13. The van der Waals surface area contributed by atoms with Crippen molar-refractivity contribution in [3.05, 3.63) is 12.2 Å². The van der Waals surface area contributed by atoms with Crippen molar-refractivity contribution >= 4 is 5.97 Å². The van der Waals surface area contributed by atoms with Crippen LogP contribution >= 0.6 is 0 Å². The molecule has 0 spiro atoms. The summed E-state index contributed by atoms with van der Waals surface area (Å²) < 4.78 is 5.38. The van der Waals surface area contributed by atoms with E-state index in [0.29, 0.717) is 24.4 Å². The molecule has 0 amide bonds. The molecule has 0 aromatic heterocycles. The summed E-state index contributed by atoms with van der Waals surface area (Å²) >= 11 is 0. The largest absolute Gasteiger partial charge is 0.465 e. The lowest BCUT2D eigenvalue weighted by molar-refractivity contribution is -0.149. The molecule has 0 N–H and O–H groups in total. The highest BCUT2D eigenvalue weighted by Crippen LogP contribution is 2.43. The molecule has 2 nitrogen and oxygen atoms in total. The standard InChI is InChI=1S/C14H22O2/c1-3-10(2)6-7-16-14(15)13-9-11-4-5-12(13)8-11/h4-5,10-13H,3,6-9H2,1-2H3. The Morgan fingerprint density at radius 1 is 1.44 bits per heavy atom. The maximum Gasteiger partial charge on any atom is 0.309 e. The first-order chi connectivity index (χ1) is 7.70. The summed E-state index contributed by atoms with van der Waals surface area (Å²) in [5, 5.41) is 0. The second-order valence-corrected chi connectivity index (χ2v) is 5.36. The van der Waals surface area contributed by atoms with Crippen LogP contribution in [0.15, 0.2) is 12.2 Å². The quantitative estimate of drug-likeness (QED) is 0.527. The summed E-state index contributed by atoms with van der Waals surface area (Å²) in [5.41, 5.74) is 0. The molecule has 1 fully saturated rings. The molecule has 4 atom stereocenters. The molecule has 0 heterocycles. The van der Waals surface area contributed by atoms with E-state index >= 15 is 0 Å². The van der Waals surface area contributed by atoms with Gasteiger partial charge in [-0.05, 0) is 37.0 Å². The van der Waals surface area contributed by atoms with Gasteiger partial charge in [0.15, 0.2) is 0 Å². The second kappa shape index (κ2) is 5.03. The van der Waals surface area contributed by atoms with Crippen molar-refractivity contribution in [3.63, 3.8) is 0 Å². The zero-order chi connectivity index (χ0) is 11.5. The van der Waals surface area contributed by atoms with Crippen LogP contribution in [-0.2, 0) is 9.53 Å². The number of rotatable bonds is 5. The van der Waals surface area contributed by atoms with Gasteiger partial charge in [-0.2, -0.15) is 0 Å². The molecule has 0 aliphatic heterocycles. The molecular weight excluding hydrogens is 200 g/mol. The minimum atomic E-state index is 0.0418. The molecule has 2 aliphatic carbocycles.